The van der Waals surface area contributed by atoms with Gasteiger partial charge in [-0.15, -0.1) is 5.10 Å². The van der Waals surface area contributed by atoms with Gasteiger partial charge < -0.3 is 4.74 Å². The van der Waals surface area contributed by atoms with Gasteiger partial charge in [0.1, 0.15) is 11.6 Å². The maximum Gasteiger partial charge on any atom is 0.387 e. The van der Waals surface area contributed by atoms with Gasteiger partial charge in [-0.1, -0.05) is 23.9 Å². The molecule has 140 valence electrons. The highest BCUT2D eigenvalue weighted by atomic mass is 32.2. The largest absolute Gasteiger partial charge is 0.435 e. The van der Waals surface area contributed by atoms with Crippen molar-refractivity contribution >= 4 is 17.5 Å². The lowest BCUT2D eigenvalue weighted by Gasteiger charge is -2.09. The first-order chi connectivity index (χ1) is 12.9. The van der Waals surface area contributed by atoms with E-state index in [9.17, 15) is 18.0 Å². The van der Waals surface area contributed by atoms with Crippen molar-refractivity contribution in [2.75, 3.05) is 0 Å². The average molecular weight is 393 g/mol. The minimum Gasteiger partial charge on any atom is -0.435 e. The Bertz CT molecular complexity index is 932. The fraction of sp³-hybridized carbons (Fsp3) is 0.167. The van der Waals surface area contributed by atoms with Crippen LogP contribution in [0.1, 0.15) is 17.3 Å². The van der Waals surface area contributed by atoms with Crippen LogP contribution >= 0.6 is 11.8 Å². The molecule has 0 amide bonds. The van der Waals surface area contributed by atoms with Crippen LogP contribution in [0.3, 0.4) is 0 Å². The van der Waals surface area contributed by atoms with Gasteiger partial charge in [0, 0.05) is 5.56 Å². The molecule has 1 heterocycles. The van der Waals surface area contributed by atoms with Crippen molar-refractivity contribution in [2.24, 2.45) is 0 Å². The molecule has 0 radical (unpaired) electrons. The molecule has 9 heteroatoms. The Morgan fingerprint density at radius 3 is 2.52 bits per heavy atom. The molecule has 0 aliphatic heterocycles. The third-order valence-corrected chi connectivity index (χ3v) is 4.57. The monoisotopic (exact) mass is 393 g/mol. The first-order valence-electron chi connectivity index (χ1n) is 7.87. The minimum atomic E-state index is -2.92. The Balaban J connectivity index is 1.67. The Morgan fingerprint density at radius 1 is 1.15 bits per heavy atom. The Kier molecular flexibility index (Phi) is 5.80. The van der Waals surface area contributed by atoms with Gasteiger partial charge in [0.25, 0.3) is 0 Å². The van der Waals surface area contributed by atoms with Gasteiger partial charge in [-0.05, 0) is 43.3 Å². The maximum absolute atomic E-state index is 13.8. The third kappa shape index (κ3) is 4.68. The number of rotatable bonds is 7. The van der Waals surface area contributed by atoms with E-state index < -0.39 is 17.7 Å². The molecule has 3 rings (SSSR count). The normalized spacial score (nSPS) is 12.2. The molecule has 5 nitrogen and oxygen atoms in total. The number of Topliss-reactive ketones (excluding diaryl/α,β-unsaturated/α-hetero) is 1. The predicted molar refractivity (Wildman–Crippen MR) is 94.5 cm³/mol. The molecule has 0 spiro atoms. The Hall–Kier alpha value is -2.81. The van der Waals surface area contributed by atoms with Crippen molar-refractivity contribution in [2.45, 2.75) is 23.9 Å². The molecule has 0 fully saturated rings. The quantitative estimate of drug-likeness (QED) is 0.470. The summed E-state index contributed by atoms with van der Waals surface area (Å²) in [6.07, 6.45) is 0. The molecular weight excluding hydrogens is 379 g/mol. The molecule has 0 aliphatic rings. The van der Waals surface area contributed by atoms with Gasteiger partial charge in [0.2, 0.25) is 5.16 Å². The summed E-state index contributed by atoms with van der Waals surface area (Å²) in [6, 6.07) is 11.6. The second-order valence-corrected chi connectivity index (χ2v) is 6.78. The van der Waals surface area contributed by atoms with Crippen LogP contribution in [0, 0.1) is 5.82 Å². The zero-order valence-corrected chi connectivity index (χ0v) is 14.8. The number of nitrogens with one attached hydrogen (secondary N) is 1. The number of alkyl halides is 2. The summed E-state index contributed by atoms with van der Waals surface area (Å²) in [4.78, 5) is 16.7. The number of H-pyrrole nitrogens is 1. The molecule has 0 saturated heterocycles. The molecule has 0 aliphatic carbocycles. The van der Waals surface area contributed by atoms with Crippen molar-refractivity contribution in [3.63, 3.8) is 0 Å². The molecule has 3 aromatic rings. The second-order valence-electron chi connectivity index (χ2n) is 5.47. The molecule has 1 atom stereocenters. The smallest absolute Gasteiger partial charge is 0.387 e. The lowest BCUT2D eigenvalue weighted by molar-refractivity contribution is -0.0498. The van der Waals surface area contributed by atoms with E-state index in [4.69, 9.17) is 0 Å². The number of carbonyl (C=O) groups excluding carboxylic acids is 1. The van der Waals surface area contributed by atoms with Crippen molar-refractivity contribution < 1.29 is 22.7 Å². The van der Waals surface area contributed by atoms with Crippen LogP contribution in [0.5, 0.6) is 5.75 Å². The zero-order chi connectivity index (χ0) is 19.4. The lowest BCUT2D eigenvalue weighted by atomic mass is 10.1. The number of thioether (sulfide) groups is 1. The van der Waals surface area contributed by atoms with Crippen LogP contribution in [0.25, 0.3) is 11.4 Å². The first kappa shape index (κ1) is 19.0. The number of ketones is 1. The summed E-state index contributed by atoms with van der Waals surface area (Å²) in [5.74, 6) is -0.407. The van der Waals surface area contributed by atoms with Crippen molar-refractivity contribution in [3.8, 4) is 17.1 Å². The lowest BCUT2D eigenvalue weighted by Crippen LogP contribution is -2.13. The van der Waals surface area contributed by atoms with Crippen molar-refractivity contribution in [1.82, 2.24) is 15.2 Å². The molecule has 0 bridgehead atoms. The maximum atomic E-state index is 13.8. The van der Waals surface area contributed by atoms with E-state index in [-0.39, 0.29) is 22.9 Å². The van der Waals surface area contributed by atoms with Crippen molar-refractivity contribution in [1.29, 1.82) is 0 Å². The number of aromatic nitrogens is 3. The van der Waals surface area contributed by atoms with E-state index in [1.165, 1.54) is 30.3 Å². The second kappa shape index (κ2) is 8.26. The fourth-order valence-corrected chi connectivity index (χ4v) is 3.12. The standard InChI is InChI=1S/C18H14F3N3O2S/c1-10(15(25)11-6-8-12(9-7-11)26-17(20)21)27-18-22-16(23-24-18)13-4-2-3-5-14(13)19/h2-10,17H,1H3,(H,22,23,24)/t10-/m0/s1. The van der Waals surface area contributed by atoms with E-state index in [0.717, 1.165) is 11.8 Å². The van der Waals surface area contributed by atoms with Crippen LogP contribution in [0.4, 0.5) is 13.2 Å². The summed E-state index contributed by atoms with van der Waals surface area (Å²) in [6.45, 7) is -1.24. The van der Waals surface area contributed by atoms with E-state index in [0.29, 0.717) is 10.7 Å². The molecule has 27 heavy (non-hydrogen) atoms. The number of halogens is 3. The number of nitrogens with zero attached hydrogens (tertiary/aromatic N) is 2. The highest BCUT2D eigenvalue weighted by molar-refractivity contribution is 8.00. The van der Waals surface area contributed by atoms with Gasteiger partial charge in [0.05, 0.1) is 10.8 Å². The summed E-state index contributed by atoms with van der Waals surface area (Å²) in [7, 11) is 0. The molecule has 1 N–H and O–H groups in total. The Labute approximate surface area is 157 Å². The SMILES string of the molecule is C[C@H](Sc1n[nH]c(-c2ccccc2F)n1)C(=O)c1ccc(OC(F)F)cc1. The van der Waals surface area contributed by atoms with E-state index in [2.05, 4.69) is 19.9 Å². The molecular formula is C18H14F3N3O2S. The topological polar surface area (TPSA) is 67.9 Å². The van der Waals surface area contributed by atoms with Crippen LogP contribution in [-0.2, 0) is 0 Å². The molecule has 0 unspecified atom stereocenters. The first-order valence-corrected chi connectivity index (χ1v) is 8.75. The third-order valence-electron chi connectivity index (χ3n) is 3.61. The van der Waals surface area contributed by atoms with Gasteiger partial charge in [-0.3, -0.25) is 9.89 Å². The van der Waals surface area contributed by atoms with Crippen LogP contribution in [-0.4, -0.2) is 32.8 Å². The summed E-state index contributed by atoms with van der Waals surface area (Å²) in [5.41, 5.74) is 0.631. The van der Waals surface area contributed by atoms with Gasteiger partial charge >= 0.3 is 6.61 Å². The minimum absolute atomic E-state index is 0.0228. The van der Waals surface area contributed by atoms with E-state index >= 15 is 0 Å². The number of aromatic amines is 1. The van der Waals surface area contributed by atoms with Gasteiger partial charge in [-0.25, -0.2) is 9.37 Å². The fourth-order valence-electron chi connectivity index (χ4n) is 2.32. The van der Waals surface area contributed by atoms with E-state index in [1.807, 2.05) is 0 Å². The molecule has 2 aromatic carbocycles. The summed E-state index contributed by atoms with van der Waals surface area (Å²) < 4.78 is 42.4. The predicted octanol–water partition coefficient (Wildman–Crippen LogP) is 4.58. The van der Waals surface area contributed by atoms with Crippen LogP contribution < -0.4 is 4.74 Å². The van der Waals surface area contributed by atoms with Crippen LogP contribution in [0.2, 0.25) is 0 Å². The summed E-state index contributed by atoms with van der Waals surface area (Å²) in [5, 5.41) is 6.42. The molecule has 0 saturated carbocycles. The van der Waals surface area contributed by atoms with E-state index in [1.54, 1.807) is 25.1 Å². The zero-order valence-electron chi connectivity index (χ0n) is 14.0. The molecule has 1 aromatic heterocycles. The number of ether oxygens (including phenoxy) is 1. The Morgan fingerprint density at radius 2 is 1.85 bits per heavy atom. The van der Waals surface area contributed by atoms with Crippen LogP contribution in [0.15, 0.2) is 53.7 Å². The average Bonchev–Trinajstić information content (AvgIpc) is 3.10. The number of carbonyl (C=O) groups is 1. The number of hydrogen-bond donors (Lipinski definition) is 1. The van der Waals surface area contributed by atoms with Gasteiger partial charge in [-0.2, -0.15) is 8.78 Å². The highest BCUT2D eigenvalue weighted by Gasteiger charge is 2.20. The number of benzene rings is 2. The van der Waals surface area contributed by atoms with Gasteiger partial charge in [0.15, 0.2) is 11.6 Å². The highest BCUT2D eigenvalue weighted by Crippen LogP contribution is 2.26. The number of hydrogen-bond acceptors (Lipinski definition) is 5. The van der Waals surface area contributed by atoms with Crippen molar-refractivity contribution in [3.05, 3.63) is 59.9 Å². The summed E-state index contributed by atoms with van der Waals surface area (Å²) >= 11 is 1.11.